The first-order valence-electron chi connectivity index (χ1n) is 10.6. The topological polar surface area (TPSA) is 36.9 Å². The predicted molar refractivity (Wildman–Crippen MR) is 104 cm³/mol. The fourth-order valence-electron chi connectivity index (χ4n) is 3.84. The summed E-state index contributed by atoms with van der Waals surface area (Å²) < 4.78 is 22.6. The minimum Gasteiger partial charge on any atom is -0.381 e. The Bertz CT molecular complexity index is 378. The van der Waals surface area contributed by atoms with Crippen molar-refractivity contribution in [2.24, 2.45) is 23.7 Å². The summed E-state index contributed by atoms with van der Waals surface area (Å²) in [5.74, 6) is 5.47. The Hall–Kier alpha value is -0.600. The lowest BCUT2D eigenvalue weighted by atomic mass is 9.76. The molecule has 0 heterocycles. The van der Waals surface area contributed by atoms with E-state index in [9.17, 15) is 0 Å². The van der Waals surface area contributed by atoms with Crippen LogP contribution in [0.2, 0.25) is 0 Å². The fraction of sp³-hybridized carbons (Fsp3) is 0.909. The van der Waals surface area contributed by atoms with E-state index in [2.05, 4.69) is 12.8 Å². The van der Waals surface area contributed by atoms with E-state index in [1.165, 1.54) is 25.7 Å². The van der Waals surface area contributed by atoms with Crippen molar-refractivity contribution in [3.05, 3.63) is 0 Å². The molecule has 2 fully saturated rings. The lowest BCUT2D eigenvalue weighted by Crippen LogP contribution is -2.26. The molecule has 26 heavy (non-hydrogen) atoms. The lowest BCUT2D eigenvalue weighted by Gasteiger charge is -2.31. The summed E-state index contributed by atoms with van der Waals surface area (Å²) in [6.07, 6.45) is 13.7. The first kappa shape index (κ1) is 21.7. The van der Waals surface area contributed by atoms with E-state index in [0.717, 1.165) is 70.7 Å². The van der Waals surface area contributed by atoms with Gasteiger partial charge in [0.25, 0.3) is 0 Å². The second-order valence-electron chi connectivity index (χ2n) is 7.86. The minimum absolute atomic E-state index is 0.497. The molecule has 4 heteroatoms. The van der Waals surface area contributed by atoms with Gasteiger partial charge in [0.2, 0.25) is 0 Å². The molecular formula is C22H38O4. The van der Waals surface area contributed by atoms with Crippen LogP contribution >= 0.6 is 0 Å². The zero-order chi connectivity index (χ0) is 18.5. The summed E-state index contributed by atoms with van der Waals surface area (Å²) in [4.78, 5) is 0. The van der Waals surface area contributed by atoms with Crippen LogP contribution in [0.25, 0.3) is 0 Å². The van der Waals surface area contributed by atoms with Gasteiger partial charge in [0.05, 0.1) is 13.2 Å². The van der Waals surface area contributed by atoms with Gasteiger partial charge >= 0.3 is 0 Å². The number of hydrogen-bond acceptors (Lipinski definition) is 4. The minimum atomic E-state index is 0.497. The van der Waals surface area contributed by atoms with E-state index in [0.29, 0.717) is 25.0 Å². The van der Waals surface area contributed by atoms with Gasteiger partial charge in [0.1, 0.15) is 0 Å². The fourth-order valence-corrected chi connectivity index (χ4v) is 3.84. The molecular weight excluding hydrogens is 328 g/mol. The van der Waals surface area contributed by atoms with Crippen LogP contribution < -0.4 is 0 Å². The molecule has 0 bridgehead atoms. The predicted octanol–water partition coefficient (Wildman–Crippen LogP) is 3.93. The van der Waals surface area contributed by atoms with Crippen molar-refractivity contribution < 1.29 is 18.9 Å². The van der Waals surface area contributed by atoms with Crippen LogP contribution in [-0.2, 0) is 18.9 Å². The van der Waals surface area contributed by atoms with E-state index in [1.54, 1.807) is 0 Å². The Morgan fingerprint density at radius 2 is 1.27 bits per heavy atom. The van der Waals surface area contributed by atoms with Gasteiger partial charge in [-0.1, -0.05) is 0 Å². The second kappa shape index (κ2) is 13.6. The maximum absolute atomic E-state index is 5.79. The molecule has 0 radical (unpaired) electrons. The number of ether oxygens (including phenoxy) is 4. The van der Waals surface area contributed by atoms with Crippen molar-refractivity contribution in [3.63, 3.8) is 0 Å². The van der Waals surface area contributed by atoms with Crippen molar-refractivity contribution in [1.29, 1.82) is 0 Å². The Morgan fingerprint density at radius 3 is 1.92 bits per heavy atom. The third-order valence-corrected chi connectivity index (χ3v) is 5.65. The molecule has 0 atom stereocenters. The molecule has 0 unspecified atom stereocenters. The summed E-state index contributed by atoms with van der Waals surface area (Å²) in [5, 5.41) is 0. The van der Waals surface area contributed by atoms with Crippen LogP contribution in [0.3, 0.4) is 0 Å². The molecule has 2 saturated carbocycles. The van der Waals surface area contributed by atoms with Crippen LogP contribution in [0.15, 0.2) is 0 Å². The average Bonchev–Trinajstić information content (AvgIpc) is 2.64. The molecule has 0 aromatic heterocycles. The highest BCUT2D eigenvalue weighted by Gasteiger charge is 2.27. The van der Waals surface area contributed by atoms with Gasteiger partial charge in [0, 0.05) is 45.6 Å². The molecule has 150 valence electrons. The van der Waals surface area contributed by atoms with Gasteiger partial charge in [-0.25, -0.2) is 0 Å². The van der Waals surface area contributed by atoms with Crippen molar-refractivity contribution in [2.45, 2.75) is 51.9 Å². The van der Waals surface area contributed by atoms with E-state index >= 15 is 0 Å². The quantitative estimate of drug-likeness (QED) is 0.345. The van der Waals surface area contributed by atoms with Crippen molar-refractivity contribution in [3.8, 4) is 12.3 Å². The molecule has 0 aromatic carbocycles. The molecule has 0 saturated heterocycles. The van der Waals surface area contributed by atoms with Gasteiger partial charge in [-0.05, 0) is 69.6 Å². The Balaban J connectivity index is 1.29. The van der Waals surface area contributed by atoms with Gasteiger partial charge in [-0.15, -0.1) is 12.3 Å². The summed E-state index contributed by atoms with van der Waals surface area (Å²) in [6, 6.07) is 0. The van der Waals surface area contributed by atoms with Crippen LogP contribution in [0, 0.1) is 36.0 Å². The molecule has 2 rings (SSSR count). The van der Waals surface area contributed by atoms with Crippen molar-refractivity contribution in [2.75, 3.05) is 52.9 Å². The molecule has 4 nitrogen and oxygen atoms in total. The van der Waals surface area contributed by atoms with Gasteiger partial charge in [-0.2, -0.15) is 0 Å². The van der Waals surface area contributed by atoms with Crippen LogP contribution in [0.4, 0.5) is 0 Å². The molecule has 0 aromatic rings. The molecule has 2 aliphatic rings. The molecule has 0 spiro atoms. The highest BCUT2D eigenvalue weighted by atomic mass is 16.5. The van der Waals surface area contributed by atoms with Gasteiger partial charge < -0.3 is 18.9 Å². The largest absolute Gasteiger partial charge is 0.381 e. The van der Waals surface area contributed by atoms with Crippen LogP contribution in [0.5, 0.6) is 0 Å². The summed E-state index contributed by atoms with van der Waals surface area (Å²) in [7, 11) is 0. The molecule has 0 amide bonds. The van der Waals surface area contributed by atoms with E-state index in [-0.39, 0.29) is 0 Å². The highest BCUT2D eigenvalue weighted by molar-refractivity contribution is 5.00. The van der Waals surface area contributed by atoms with Gasteiger partial charge in [-0.3, -0.25) is 0 Å². The monoisotopic (exact) mass is 366 g/mol. The molecule has 0 aliphatic heterocycles. The Kier molecular flexibility index (Phi) is 11.3. The highest BCUT2D eigenvalue weighted by Crippen LogP contribution is 2.33. The SMILES string of the molecule is C#CC1CC(COCCCOCCOCC2CCC(COCC)CC2)C1. The molecule has 2 aliphatic carbocycles. The third-order valence-electron chi connectivity index (χ3n) is 5.65. The summed E-state index contributed by atoms with van der Waals surface area (Å²) in [5.41, 5.74) is 0. The number of terminal acetylenes is 1. The maximum atomic E-state index is 5.79. The normalized spacial score (nSPS) is 28.5. The first-order chi connectivity index (χ1) is 12.8. The zero-order valence-corrected chi connectivity index (χ0v) is 16.6. The number of hydrogen-bond donors (Lipinski definition) is 0. The average molecular weight is 367 g/mol. The maximum Gasteiger partial charge on any atom is 0.0700 e. The number of rotatable bonds is 14. The molecule has 0 N–H and O–H groups in total. The Morgan fingerprint density at radius 1 is 0.731 bits per heavy atom. The standard InChI is InChI=1S/C22H38O4/c1-3-19-14-22(15-19)18-25-11-5-10-24-12-13-26-17-21-8-6-20(7-9-21)16-23-4-2/h1,19-22H,4-18H2,2H3. The van der Waals surface area contributed by atoms with Crippen LogP contribution in [-0.4, -0.2) is 52.9 Å². The van der Waals surface area contributed by atoms with Crippen molar-refractivity contribution in [1.82, 2.24) is 0 Å². The smallest absolute Gasteiger partial charge is 0.0700 e. The van der Waals surface area contributed by atoms with Crippen molar-refractivity contribution >= 4 is 0 Å². The van der Waals surface area contributed by atoms with E-state index < -0.39 is 0 Å². The van der Waals surface area contributed by atoms with Gasteiger partial charge in [0.15, 0.2) is 0 Å². The lowest BCUT2D eigenvalue weighted by molar-refractivity contribution is 0.00845. The third kappa shape index (κ3) is 8.86. The van der Waals surface area contributed by atoms with E-state index in [4.69, 9.17) is 25.4 Å². The summed E-state index contributed by atoms with van der Waals surface area (Å²) >= 11 is 0. The van der Waals surface area contributed by atoms with Crippen LogP contribution in [0.1, 0.15) is 51.9 Å². The first-order valence-corrected chi connectivity index (χ1v) is 10.6. The zero-order valence-electron chi connectivity index (χ0n) is 16.6. The Labute approximate surface area is 160 Å². The summed E-state index contributed by atoms with van der Waals surface area (Å²) in [6.45, 7) is 8.51. The van der Waals surface area contributed by atoms with E-state index in [1.807, 2.05) is 0 Å². The second-order valence-corrected chi connectivity index (χ2v) is 7.86.